The van der Waals surface area contributed by atoms with E-state index >= 15 is 0 Å². The van der Waals surface area contributed by atoms with Crippen LogP contribution in [0.15, 0.2) is 0 Å². The monoisotopic (exact) mass is 188 g/mol. The zero-order valence-corrected chi connectivity index (χ0v) is 8.94. The third kappa shape index (κ3) is 3.63. The van der Waals surface area contributed by atoms with E-state index in [9.17, 15) is 0 Å². The van der Waals surface area contributed by atoms with E-state index in [0.717, 1.165) is 22.6 Å². The normalized spacial score (nSPS) is 28.4. The topological polar surface area (TPSA) is 9.23 Å². The molecule has 2 atom stereocenters. The summed E-state index contributed by atoms with van der Waals surface area (Å²) in [6.07, 6.45) is 5.43. The quantitative estimate of drug-likeness (QED) is 0.528. The molecule has 1 aliphatic rings. The Hall–Kier alpha value is 0.527. The van der Waals surface area contributed by atoms with Gasteiger partial charge >= 0.3 is 0 Å². The van der Waals surface area contributed by atoms with Crippen molar-refractivity contribution in [3.8, 4) is 0 Å². The largest absolute Gasteiger partial charge is 0.415 e. The standard InChI is InChI=1S/C8H16OSSi/c1-2-8(10)6-7-4-3-5-11-9-7/h7-8,10H,2-6H2,1H3. The Morgan fingerprint density at radius 3 is 3.09 bits per heavy atom. The van der Waals surface area contributed by atoms with Crippen molar-refractivity contribution in [3.63, 3.8) is 0 Å². The second-order valence-corrected chi connectivity index (χ2v) is 4.83. The Morgan fingerprint density at radius 2 is 2.55 bits per heavy atom. The molecule has 11 heavy (non-hydrogen) atoms. The van der Waals surface area contributed by atoms with Gasteiger partial charge in [0.05, 0.1) is 0 Å². The molecule has 64 valence electrons. The van der Waals surface area contributed by atoms with Crippen molar-refractivity contribution in [1.29, 1.82) is 0 Å². The fourth-order valence-electron chi connectivity index (χ4n) is 1.27. The molecule has 2 unspecified atom stereocenters. The van der Waals surface area contributed by atoms with Gasteiger partial charge in [0.1, 0.15) is 0 Å². The molecule has 3 heteroatoms. The molecule has 0 aromatic rings. The van der Waals surface area contributed by atoms with Crippen molar-refractivity contribution >= 4 is 22.4 Å². The molecule has 0 aliphatic carbocycles. The van der Waals surface area contributed by atoms with Crippen molar-refractivity contribution in [2.75, 3.05) is 0 Å². The second kappa shape index (κ2) is 5.22. The fourth-order valence-corrected chi connectivity index (χ4v) is 2.42. The van der Waals surface area contributed by atoms with Crippen LogP contribution in [0.4, 0.5) is 0 Å². The molecule has 1 rings (SSSR count). The molecule has 1 nitrogen and oxygen atoms in total. The molecule has 0 amide bonds. The van der Waals surface area contributed by atoms with E-state index in [1.165, 1.54) is 18.9 Å². The van der Waals surface area contributed by atoms with Crippen molar-refractivity contribution in [3.05, 3.63) is 0 Å². The molecule has 0 bridgehead atoms. The summed E-state index contributed by atoms with van der Waals surface area (Å²) in [6.45, 7) is 2.18. The van der Waals surface area contributed by atoms with Crippen molar-refractivity contribution in [2.45, 2.75) is 50.0 Å². The molecular formula is C8H16OSSi. The summed E-state index contributed by atoms with van der Waals surface area (Å²) in [6, 6.07) is 1.28. The molecule has 1 fully saturated rings. The summed E-state index contributed by atoms with van der Waals surface area (Å²) in [7, 11) is 0.749. The van der Waals surface area contributed by atoms with Crippen molar-refractivity contribution in [1.82, 2.24) is 0 Å². The van der Waals surface area contributed by atoms with Gasteiger partial charge in [0.2, 0.25) is 9.76 Å². The molecule has 0 aromatic carbocycles. The minimum absolute atomic E-state index is 0.518. The first-order valence-corrected chi connectivity index (χ1v) is 6.02. The van der Waals surface area contributed by atoms with E-state index in [1.54, 1.807) is 0 Å². The highest BCUT2D eigenvalue weighted by Gasteiger charge is 2.16. The Labute approximate surface area is 77.3 Å². The smallest absolute Gasteiger partial charge is 0.230 e. The molecular weight excluding hydrogens is 172 g/mol. The predicted molar refractivity (Wildman–Crippen MR) is 52.4 cm³/mol. The maximum Gasteiger partial charge on any atom is 0.230 e. The van der Waals surface area contributed by atoms with Crippen LogP contribution in [0.25, 0.3) is 0 Å². The van der Waals surface area contributed by atoms with E-state index in [2.05, 4.69) is 19.6 Å². The van der Waals surface area contributed by atoms with Gasteiger partial charge in [0, 0.05) is 11.4 Å². The zero-order valence-electron chi connectivity index (χ0n) is 7.05. The second-order valence-electron chi connectivity index (χ2n) is 3.07. The predicted octanol–water partition coefficient (Wildman–Crippen LogP) is 2.30. The average Bonchev–Trinajstić information content (AvgIpc) is 2.06. The molecule has 2 radical (unpaired) electrons. The van der Waals surface area contributed by atoms with Gasteiger partial charge in [-0.1, -0.05) is 13.3 Å². The van der Waals surface area contributed by atoms with E-state index in [4.69, 9.17) is 4.43 Å². The lowest BCUT2D eigenvalue weighted by atomic mass is 10.1. The maximum absolute atomic E-state index is 5.63. The lowest BCUT2D eigenvalue weighted by molar-refractivity contribution is 0.171. The maximum atomic E-state index is 5.63. The lowest BCUT2D eigenvalue weighted by Gasteiger charge is -2.23. The molecule has 0 aromatic heterocycles. The number of hydrogen-bond donors (Lipinski definition) is 1. The van der Waals surface area contributed by atoms with Gasteiger partial charge in [0.25, 0.3) is 0 Å². The van der Waals surface area contributed by atoms with Gasteiger partial charge in [-0.05, 0) is 25.3 Å². The summed E-state index contributed by atoms with van der Waals surface area (Å²) in [5.74, 6) is 0. The van der Waals surface area contributed by atoms with Crippen LogP contribution in [0, 0.1) is 0 Å². The minimum atomic E-state index is 0.518. The molecule has 1 heterocycles. The molecule has 0 spiro atoms. The number of hydrogen-bond acceptors (Lipinski definition) is 2. The van der Waals surface area contributed by atoms with E-state index in [1.807, 2.05) is 0 Å². The summed E-state index contributed by atoms with van der Waals surface area (Å²) in [5, 5.41) is 0.544. The molecule has 0 N–H and O–H groups in total. The van der Waals surface area contributed by atoms with Crippen LogP contribution in [-0.4, -0.2) is 21.1 Å². The van der Waals surface area contributed by atoms with Crippen LogP contribution in [0.1, 0.15) is 32.6 Å². The first kappa shape index (κ1) is 9.61. The summed E-state index contributed by atoms with van der Waals surface area (Å²) < 4.78 is 5.63. The molecule has 0 saturated carbocycles. The Bertz CT molecular complexity index is 104. The van der Waals surface area contributed by atoms with E-state index in [0.29, 0.717) is 11.4 Å². The number of thiol groups is 1. The first-order chi connectivity index (χ1) is 5.33. The lowest BCUT2D eigenvalue weighted by Crippen LogP contribution is -2.23. The van der Waals surface area contributed by atoms with Crippen molar-refractivity contribution < 1.29 is 4.43 Å². The molecule has 1 aliphatic heterocycles. The van der Waals surface area contributed by atoms with Crippen LogP contribution in [0.3, 0.4) is 0 Å². The van der Waals surface area contributed by atoms with Gasteiger partial charge in [0.15, 0.2) is 0 Å². The van der Waals surface area contributed by atoms with Crippen LogP contribution >= 0.6 is 12.6 Å². The minimum Gasteiger partial charge on any atom is -0.415 e. The number of rotatable bonds is 3. The van der Waals surface area contributed by atoms with Crippen LogP contribution in [0.2, 0.25) is 6.04 Å². The third-order valence-corrected chi connectivity index (χ3v) is 3.69. The third-order valence-electron chi connectivity index (χ3n) is 2.06. The molecule has 1 saturated heterocycles. The average molecular weight is 188 g/mol. The Morgan fingerprint density at radius 1 is 1.73 bits per heavy atom. The Balaban J connectivity index is 2.13. The van der Waals surface area contributed by atoms with Crippen LogP contribution < -0.4 is 0 Å². The van der Waals surface area contributed by atoms with Crippen LogP contribution in [0.5, 0.6) is 0 Å². The van der Waals surface area contributed by atoms with Crippen molar-refractivity contribution in [2.24, 2.45) is 0 Å². The summed E-state index contributed by atoms with van der Waals surface area (Å²) in [5.41, 5.74) is 0. The van der Waals surface area contributed by atoms with E-state index in [-0.39, 0.29) is 0 Å². The fraction of sp³-hybridized carbons (Fsp3) is 1.00. The van der Waals surface area contributed by atoms with Gasteiger partial charge in [-0.3, -0.25) is 0 Å². The van der Waals surface area contributed by atoms with E-state index < -0.39 is 0 Å². The van der Waals surface area contributed by atoms with Gasteiger partial charge in [-0.15, -0.1) is 0 Å². The highest BCUT2D eigenvalue weighted by Crippen LogP contribution is 2.19. The summed E-state index contributed by atoms with van der Waals surface area (Å²) in [4.78, 5) is 0. The first-order valence-electron chi connectivity index (χ1n) is 4.39. The highest BCUT2D eigenvalue weighted by atomic mass is 32.1. The Kier molecular flexibility index (Phi) is 4.56. The highest BCUT2D eigenvalue weighted by molar-refractivity contribution is 7.80. The van der Waals surface area contributed by atoms with Gasteiger partial charge in [-0.25, -0.2) is 0 Å². The van der Waals surface area contributed by atoms with Gasteiger partial charge in [-0.2, -0.15) is 12.6 Å². The zero-order chi connectivity index (χ0) is 8.10. The van der Waals surface area contributed by atoms with Gasteiger partial charge < -0.3 is 4.43 Å². The summed E-state index contributed by atoms with van der Waals surface area (Å²) >= 11 is 4.46. The van der Waals surface area contributed by atoms with Crippen LogP contribution in [-0.2, 0) is 4.43 Å². The SMILES string of the molecule is CCC(S)CC1CCC[Si]O1.